The second-order valence-electron chi connectivity index (χ2n) is 8.69. The summed E-state index contributed by atoms with van der Waals surface area (Å²) in [5.41, 5.74) is 1.16. The topological polar surface area (TPSA) is 49.2 Å². The van der Waals surface area contributed by atoms with Gasteiger partial charge < -0.3 is 9.47 Å². The van der Waals surface area contributed by atoms with E-state index >= 15 is 0 Å². The van der Waals surface area contributed by atoms with Gasteiger partial charge in [-0.05, 0) is 73.4 Å². The third-order valence-corrected chi connectivity index (χ3v) is 6.22. The lowest BCUT2D eigenvalue weighted by molar-refractivity contribution is -0.137. The Hall–Kier alpha value is -3.95. The van der Waals surface area contributed by atoms with E-state index in [1.54, 1.807) is 47.2 Å². The van der Waals surface area contributed by atoms with Crippen LogP contribution in [0.1, 0.15) is 36.2 Å². The average Bonchev–Trinajstić information content (AvgIpc) is 3.20. The molecule has 0 amide bonds. The van der Waals surface area contributed by atoms with Crippen molar-refractivity contribution < 1.29 is 31.4 Å². The SMILES string of the molecule is FC(F)Oc1cccc(/C=C/c2nc3cccnc3n2-c2ccc(C(F)(F)F)cc2)c1OCC1CCC1. The number of imidazole rings is 1. The Labute approximate surface area is 209 Å². The number of rotatable bonds is 8. The highest BCUT2D eigenvalue weighted by atomic mass is 19.4. The summed E-state index contributed by atoms with van der Waals surface area (Å²) < 4.78 is 77.5. The molecule has 0 aliphatic heterocycles. The standard InChI is InChI=1S/C27H22F5N3O2/c28-26(29)37-22-8-2-6-18(24(22)36-16-17-4-1-5-17)9-14-23-34-21-7-3-15-33-25(21)35(23)20-12-10-19(11-13-20)27(30,31)32/h2-3,6-15,17,26H,1,4-5,16H2/b14-9+. The van der Waals surface area contributed by atoms with Crippen LogP contribution in [0.25, 0.3) is 29.0 Å². The zero-order valence-electron chi connectivity index (χ0n) is 19.5. The Morgan fingerprint density at radius 3 is 2.46 bits per heavy atom. The van der Waals surface area contributed by atoms with Crippen LogP contribution < -0.4 is 9.47 Å². The molecule has 4 aromatic rings. The third kappa shape index (κ3) is 5.42. The molecule has 0 bridgehead atoms. The van der Waals surface area contributed by atoms with Crippen LogP contribution in [0.4, 0.5) is 22.0 Å². The monoisotopic (exact) mass is 515 g/mol. The Bertz CT molecular complexity index is 1410. The van der Waals surface area contributed by atoms with Crippen LogP contribution >= 0.6 is 0 Å². The molecule has 192 valence electrons. The number of fused-ring (bicyclic) bond motifs is 1. The van der Waals surface area contributed by atoms with Crippen LogP contribution in [0.2, 0.25) is 0 Å². The van der Waals surface area contributed by atoms with E-state index in [9.17, 15) is 22.0 Å². The van der Waals surface area contributed by atoms with Crippen molar-refractivity contribution in [3.05, 3.63) is 77.7 Å². The van der Waals surface area contributed by atoms with Gasteiger partial charge in [-0.15, -0.1) is 0 Å². The van der Waals surface area contributed by atoms with E-state index in [0.29, 0.717) is 40.8 Å². The average molecular weight is 515 g/mol. The summed E-state index contributed by atoms with van der Waals surface area (Å²) in [6.07, 6.45) is 3.55. The normalized spacial score (nSPS) is 14.4. The molecule has 1 aliphatic carbocycles. The van der Waals surface area contributed by atoms with E-state index in [1.807, 2.05) is 0 Å². The second-order valence-corrected chi connectivity index (χ2v) is 8.69. The smallest absolute Gasteiger partial charge is 0.416 e. The number of hydrogen-bond acceptors (Lipinski definition) is 4. The summed E-state index contributed by atoms with van der Waals surface area (Å²) in [5.74, 6) is 0.876. The van der Waals surface area contributed by atoms with E-state index in [2.05, 4.69) is 14.7 Å². The molecule has 0 N–H and O–H groups in total. The van der Waals surface area contributed by atoms with E-state index in [-0.39, 0.29) is 11.5 Å². The summed E-state index contributed by atoms with van der Waals surface area (Å²) in [6.45, 7) is -2.63. The molecule has 2 aromatic heterocycles. The van der Waals surface area contributed by atoms with E-state index < -0.39 is 18.4 Å². The molecule has 0 radical (unpaired) electrons. The fourth-order valence-electron chi connectivity index (χ4n) is 4.13. The van der Waals surface area contributed by atoms with Crippen molar-refractivity contribution >= 4 is 23.3 Å². The summed E-state index contributed by atoms with van der Waals surface area (Å²) >= 11 is 0. The number of pyridine rings is 1. The zero-order valence-corrected chi connectivity index (χ0v) is 19.5. The summed E-state index contributed by atoms with van der Waals surface area (Å²) in [6, 6.07) is 12.8. The molecule has 1 saturated carbocycles. The lowest BCUT2D eigenvalue weighted by Gasteiger charge is -2.26. The van der Waals surface area contributed by atoms with Crippen LogP contribution in [-0.2, 0) is 6.18 Å². The number of ether oxygens (including phenoxy) is 2. The van der Waals surface area contributed by atoms with Gasteiger partial charge in [-0.2, -0.15) is 22.0 Å². The summed E-state index contributed by atoms with van der Waals surface area (Å²) in [7, 11) is 0. The number of benzene rings is 2. The first kappa shape index (κ1) is 24.7. The number of nitrogens with zero attached hydrogens (tertiary/aromatic N) is 3. The minimum atomic E-state index is -4.46. The first-order valence-electron chi connectivity index (χ1n) is 11.7. The lowest BCUT2D eigenvalue weighted by Crippen LogP contribution is -2.20. The van der Waals surface area contributed by atoms with Crippen molar-refractivity contribution in [1.82, 2.24) is 14.5 Å². The van der Waals surface area contributed by atoms with Gasteiger partial charge in [0.05, 0.1) is 12.2 Å². The number of hydrogen-bond donors (Lipinski definition) is 0. The van der Waals surface area contributed by atoms with Gasteiger partial charge in [0.1, 0.15) is 11.3 Å². The molecule has 0 atom stereocenters. The van der Waals surface area contributed by atoms with Gasteiger partial charge in [-0.3, -0.25) is 4.57 Å². The lowest BCUT2D eigenvalue weighted by atomic mass is 9.86. The molecule has 2 heterocycles. The van der Waals surface area contributed by atoms with E-state index in [0.717, 1.165) is 31.4 Å². The van der Waals surface area contributed by atoms with E-state index in [4.69, 9.17) is 4.74 Å². The summed E-state index contributed by atoms with van der Waals surface area (Å²) in [5, 5.41) is 0. The Balaban J connectivity index is 1.54. The van der Waals surface area contributed by atoms with Crippen molar-refractivity contribution in [2.75, 3.05) is 6.61 Å². The maximum absolute atomic E-state index is 13.1. The quantitative estimate of drug-likeness (QED) is 0.230. The van der Waals surface area contributed by atoms with Crippen molar-refractivity contribution in [2.24, 2.45) is 5.92 Å². The molecule has 1 fully saturated rings. The molecule has 5 rings (SSSR count). The van der Waals surface area contributed by atoms with Crippen LogP contribution in [0.3, 0.4) is 0 Å². The van der Waals surface area contributed by atoms with Crippen molar-refractivity contribution in [1.29, 1.82) is 0 Å². The third-order valence-electron chi connectivity index (χ3n) is 6.22. The summed E-state index contributed by atoms with van der Waals surface area (Å²) in [4.78, 5) is 8.92. The predicted octanol–water partition coefficient (Wildman–Crippen LogP) is 7.39. The maximum atomic E-state index is 13.1. The highest BCUT2D eigenvalue weighted by Gasteiger charge is 2.30. The number of halogens is 5. The largest absolute Gasteiger partial charge is 0.489 e. The molecule has 2 aromatic carbocycles. The maximum Gasteiger partial charge on any atom is 0.416 e. The molecular weight excluding hydrogens is 493 g/mol. The van der Waals surface area contributed by atoms with Crippen LogP contribution in [0.5, 0.6) is 11.5 Å². The first-order chi connectivity index (χ1) is 17.8. The van der Waals surface area contributed by atoms with Crippen LogP contribution in [0.15, 0.2) is 60.8 Å². The molecule has 0 saturated heterocycles. The minimum absolute atomic E-state index is 0.0746. The minimum Gasteiger partial charge on any atom is -0.489 e. The Kier molecular flexibility index (Phi) is 6.82. The fraction of sp³-hybridized carbons (Fsp3) is 0.259. The zero-order chi connectivity index (χ0) is 26.0. The highest BCUT2D eigenvalue weighted by Crippen LogP contribution is 2.36. The number of para-hydroxylation sites is 1. The van der Waals surface area contributed by atoms with Crippen molar-refractivity contribution in [3.8, 4) is 17.2 Å². The van der Waals surface area contributed by atoms with Crippen LogP contribution in [-0.4, -0.2) is 27.8 Å². The van der Waals surface area contributed by atoms with Crippen molar-refractivity contribution in [3.63, 3.8) is 0 Å². The van der Waals surface area contributed by atoms with Gasteiger partial charge in [0.2, 0.25) is 0 Å². The number of alkyl halides is 5. The van der Waals surface area contributed by atoms with Gasteiger partial charge in [-0.25, -0.2) is 9.97 Å². The number of aromatic nitrogens is 3. The molecule has 10 heteroatoms. The van der Waals surface area contributed by atoms with Gasteiger partial charge in [0, 0.05) is 17.4 Å². The van der Waals surface area contributed by atoms with Gasteiger partial charge in [0.25, 0.3) is 0 Å². The van der Waals surface area contributed by atoms with Crippen LogP contribution in [0, 0.1) is 5.92 Å². The molecule has 0 unspecified atom stereocenters. The second kappa shape index (κ2) is 10.2. The predicted molar refractivity (Wildman–Crippen MR) is 129 cm³/mol. The van der Waals surface area contributed by atoms with Gasteiger partial charge >= 0.3 is 12.8 Å². The van der Waals surface area contributed by atoms with Crippen molar-refractivity contribution in [2.45, 2.75) is 32.1 Å². The Morgan fingerprint density at radius 2 is 1.78 bits per heavy atom. The molecule has 37 heavy (non-hydrogen) atoms. The Morgan fingerprint density at radius 1 is 1.00 bits per heavy atom. The highest BCUT2D eigenvalue weighted by molar-refractivity contribution is 5.80. The molecule has 0 spiro atoms. The van der Waals surface area contributed by atoms with E-state index in [1.165, 1.54) is 18.2 Å². The molecule has 1 aliphatic rings. The van der Waals surface area contributed by atoms with Gasteiger partial charge in [-0.1, -0.05) is 18.6 Å². The first-order valence-corrected chi connectivity index (χ1v) is 11.7. The van der Waals surface area contributed by atoms with Gasteiger partial charge in [0.15, 0.2) is 17.1 Å². The fourth-order valence-corrected chi connectivity index (χ4v) is 4.13. The molecular formula is C27H22F5N3O2. The molecule has 5 nitrogen and oxygen atoms in total.